The maximum Gasteiger partial charge on any atom is 0.322 e. The van der Waals surface area contributed by atoms with Gasteiger partial charge >= 0.3 is 5.97 Å². The Balaban J connectivity index is 1.65. The van der Waals surface area contributed by atoms with Crippen molar-refractivity contribution in [1.29, 1.82) is 0 Å². The maximum absolute atomic E-state index is 13.2. The highest BCUT2D eigenvalue weighted by Gasteiger charge is 2.80. The van der Waals surface area contributed by atoms with Gasteiger partial charge in [-0.1, -0.05) is 12.1 Å². The van der Waals surface area contributed by atoms with Crippen LogP contribution in [0.2, 0.25) is 0 Å². The second kappa shape index (κ2) is 5.96. The zero-order chi connectivity index (χ0) is 20.9. The lowest BCUT2D eigenvalue weighted by Gasteiger charge is -2.69. The van der Waals surface area contributed by atoms with Crippen molar-refractivity contribution in [2.75, 3.05) is 34.4 Å². The second-order valence-electron chi connectivity index (χ2n) is 8.98. The van der Waals surface area contributed by atoms with E-state index in [4.69, 9.17) is 18.9 Å². The number of benzene rings is 1. The van der Waals surface area contributed by atoms with Crippen LogP contribution in [-0.2, 0) is 26.1 Å². The topological polar surface area (TPSA) is 57.2 Å². The van der Waals surface area contributed by atoms with E-state index < -0.39 is 10.9 Å². The number of nitrogens with zero attached hydrogens (tertiary/aromatic N) is 1. The van der Waals surface area contributed by atoms with Crippen LogP contribution in [0.25, 0.3) is 0 Å². The fraction of sp³-hybridized carbons (Fsp3) is 0.609. The third kappa shape index (κ3) is 1.82. The lowest BCUT2D eigenvalue weighted by Crippen LogP contribution is -2.81. The Morgan fingerprint density at radius 2 is 2.17 bits per heavy atom. The predicted octanol–water partition coefficient (Wildman–Crippen LogP) is 2.33. The highest BCUT2D eigenvalue weighted by atomic mass is 32.2. The second-order valence-corrected chi connectivity index (χ2v) is 10.4. The molecule has 0 aromatic heterocycles. The van der Waals surface area contributed by atoms with Crippen molar-refractivity contribution in [3.63, 3.8) is 0 Å². The molecule has 4 heterocycles. The molecule has 1 aromatic carbocycles. The number of hydrogen-bond acceptors (Lipinski definition) is 7. The summed E-state index contributed by atoms with van der Waals surface area (Å²) in [7, 11) is 5.57. The molecule has 30 heavy (non-hydrogen) atoms. The molecule has 6 aliphatic rings. The van der Waals surface area contributed by atoms with Crippen LogP contribution in [0.1, 0.15) is 24.5 Å². The molecule has 160 valence electrons. The van der Waals surface area contributed by atoms with Crippen molar-refractivity contribution in [3.8, 4) is 11.5 Å². The zero-order valence-electron chi connectivity index (χ0n) is 17.8. The molecular weight excluding hydrogens is 402 g/mol. The first-order chi connectivity index (χ1) is 14.5. The number of fused-ring (bicyclic) bond motifs is 1. The smallest absolute Gasteiger partial charge is 0.322 e. The molecule has 6 nitrogen and oxygen atoms in total. The van der Waals surface area contributed by atoms with Crippen LogP contribution < -0.4 is 9.47 Å². The number of thioether (sulfide) groups is 1. The summed E-state index contributed by atoms with van der Waals surface area (Å²) in [4.78, 5) is 15.6. The monoisotopic (exact) mass is 429 g/mol. The number of carbonyl (C=O) groups excluding carboxylic acids is 1. The van der Waals surface area contributed by atoms with E-state index in [9.17, 15) is 4.79 Å². The Labute approximate surface area is 180 Å². The average molecular weight is 430 g/mol. The highest BCUT2D eigenvalue weighted by molar-refractivity contribution is 8.02. The molecule has 3 unspecified atom stereocenters. The summed E-state index contributed by atoms with van der Waals surface area (Å²) in [5, 5.41) is -0.471. The minimum atomic E-state index is -0.877. The molecule has 7 rings (SSSR count). The van der Waals surface area contributed by atoms with E-state index in [0.717, 1.165) is 30.9 Å². The summed E-state index contributed by atoms with van der Waals surface area (Å²) < 4.78 is 23.9. The quantitative estimate of drug-likeness (QED) is 0.538. The number of hydrogen-bond donors (Lipinski definition) is 0. The number of ether oxygens (including phenoxy) is 4. The van der Waals surface area contributed by atoms with E-state index in [1.54, 1.807) is 26.0 Å². The average Bonchev–Trinajstić information content (AvgIpc) is 3.13. The molecule has 4 bridgehead atoms. The minimum absolute atomic E-state index is 0.221. The fourth-order valence-corrected chi connectivity index (χ4v) is 9.06. The van der Waals surface area contributed by atoms with Crippen LogP contribution in [0.5, 0.6) is 11.5 Å². The first-order valence-corrected chi connectivity index (χ1v) is 11.5. The predicted molar refractivity (Wildman–Crippen MR) is 113 cm³/mol. The molecular formula is C23H27NO5S. The van der Waals surface area contributed by atoms with Crippen molar-refractivity contribution in [2.45, 2.75) is 52.9 Å². The van der Waals surface area contributed by atoms with Crippen LogP contribution in [0.15, 0.2) is 24.3 Å². The SMILES string of the molecule is CCOC(=O)C1SC23C=CC1(OC)[C@@H]1Oc4c(OC)ccc5c4[C@@]12CCN(C)[C@@H]3C5. The molecule has 2 spiro atoms. The zero-order valence-corrected chi connectivity index (χ0v) is 18.6. The van der Waals surface area contributed by atoms with Gasteiger partial charge in [-0.15, -0.1) is 11.8 Å². The molecule has 2 aliphatic carbocycles. The van der Waals surface area contributed by atoms with Crippen LogP contribution >= 0.6 is 11.8 Å². The molecule has 2 fully saturated rings. The van der Waals surface area contributed by atoms with Gasteiger partial charge in [0, 0.05) is 18.7 Å². The molecule has 7 heteroatoms. The summed E-state index contributed by atoms with van der Waals surface area (Å²) in [6.07, 6.45) is 6.01. The third-order valence-corrected chi connectivity index (χ3v) is 10.1. The van der Waals surface area contributed by atoms with E-state index in [-0.39, 0.29) is 28.3 Å². The van der Waals surface area contributed by atoms with Gasteiger partial charge in [0.2, 0.25) is 0 Å². The van der Waals surface area contributed by atoms with E-state index in [1.807, 2.05) is 13.0 Å². The van der Waals surface area contributed by atoms with Gasteiger partial charge in [0.05, 0.1) is 23.9 Å². The van der Waals surface area contributed by atoms with E-state index in [0.29, 0.717) is 6.61 Å². The van der Waals surface area contributed by atoms with Gasteiger partial charge in [-0.3, -0.25) is 4.79 Å². The van der Waals surface area contributed by atoms with Gasteiger partial charge in [0.1, 0.15) is 17.0 Å². The van der Waals surface area contributed by atoms with Crippen molar-refractivity contribution >= 4 is 17.7 Å². The van der Waals surface area contributed by atoms with Crippen LogP contribution in [0.4, 0.5) is 0 Å². The summed E-state index contributed by atoms with van der Waals surface area (Å²) in [5.74, 6) is 1.37. The number of piperidine rings is 1. The maximum atomic E-state index is 13.2. The fourth-order valence-electron chi connectivity index (χ4n) is 6.94. The molecule has 0 amide bonds. The molecule has 0 saturated carbocycles. The highest BCUT2D eigenvalue weighted by Crippen LogP contribution is 2.74. The molecule has 6 atom stereocenters. The summed E-state index contributed by atoms with van der Waals surface area (Å²) >= 11 is 1.74. The Morgan fingerprint density at radius 3 is 2.90 bits per heavy atom. The largest absolute Gasteiger partial charge is 0.493 e. The molecule has 1 aromatic rings. The number of esters is 1. The van der Waals surface area contributed by atoms with Gasteiger partial charge in [0.25, 0.3) is 0 Å². The molecule has 0 N–H and O–H groups in total. The van der Waals surface area contributed by atoms with Gasteiger partial charge in [-0.05, 0) is 51.1 Å². The van der Waals surface area contributed by atoms with Crippen LogP contribution in [0.3, 0.4) is 0 Å². The van der Waals surface area contributed by atoms with Crippen LogP contribution in [0, 0.1) is 0 Å². The number of carbonyl (C=O) groups is 1. The normalized spacial score (nSPS) is 41.9. The summed E-state index contributed by atoms with van der Waals surface area (Å²) in [5.41, 5.74) is 1.48. The van der Waals surface area contributed by atoms with Gasteiger partial charge in [-0.25, -0.2) is 0 Å². The van der Waals surface area contributed by atoms with Crippen LogP contribution in [-0.4, -0.2) is 73.0 Å². The summed E-state index contributed by atoms with van der Waals surface area (Å²) in [6, 6.07) is 4.49. The Hall–Kier alpha value is -1.70. The third-order valence-electron chi connectivity index (χ3n) is 8.13. The van der Waals surface area contributed by atoms with E-state index in [1.165, 1.54) is 11.1 Å². The summed E-state index contributed by atoms with van der Waals surface area (Å²) in [6.45, 7) is 3.19. The molecule has 4 aliphatic heterocycles. The first-order valence-electron chi connectivity index (χ1n) is 10.7. The number of likely N-dealkylation sites (N-methyl/N-ethyl adjacent to an activating group) is 1. The lowest BCUT2D eigenvalue weighted by molar-refractivity contribution is -0.159. The number of likely N-dealkylation sites (tertiary alicyclic amines) is 1. The van der Waals surface area contributed by atoms with Crippen molar-refractivity contribution in [1.82, 2.24) is 4.90 Å². The van der Waals surface area contributed by atoms with Crippen molar-refractivity contribution < 1.29 is 23.7 Å². The number of methoxy groups -OCH3 is 2. The standard InChI is InChI=1S/C23H27NO5S/c1-5-28-19(25)18-22(27-4)8-9-23(30-18)15-12-13-6-7-14(26-3)17-16(13)21(23,20(22)29-17)10-11-24(15)2/h6-9,15,18,20H,5,10-12H2,1-4H3/t15-,18?,20-,21+,22?,23?/m1/s1. The van der Waals surface area contributed by atoms with E-state index >= 15 is 0 Å². The Kier molecular flexibility index (Phi) is 3.78. The number of rotatable bonds is 4. The van der Waals surface area contributed by atoms with Gasteiger partial charge in [0.15, 0.2) is 11.5 Å². The Bertz CT molecular complexity index is 981. The van der Waals surface area contributed by atoms with Gasteiger partial charge in [-0.2, -0.15) is 0 Å². The van der Waals surface area contributed by atoms with Gasteiger partial charge < -0.3 is 23.8 Å². The molecule has 2 saturated heterocycles. The van der Waals surface area contributed by atoms with Crippen molar-refractivity contribution in [2.24, 2.45) is 0 Å². The first kappa shape index (κ1) is 19.0. The lowest BCUT2D eigenvalue weighted by atomic mass is 9.50. The van der Waals surface area contributed by atoms with E-state index in [2.05, 4.69) is 30.2 Å². The minimum Gasteiger partial charge on any atom is -0.493 e. The van der Waals surface area contributed by atoms with Crippen molar-refractivity contribution in [3.05, 3.63) is 35.4 Å². The molecule has 0 radical (unpaired) electrons. The Morgan fingerprint density at radius 1 is 1.33 bits per heavy atom.